The molecule has 0 aromatic carbocycles. The van der Waals surface area contributed by atoms with Crippen LogP contribution >= 0.6 is 23.7 Å². The van der Waals surface area contributed by atoms with E-state index in [4.69, 9.17) is 5.73 Å². The number of aromatic nitrogens is 3. The molecule has 0 bridgehead atoms. The van der Waals surface area contributed by atoms with E-state index in [2.05, 4.69) is 20.3 Å². The normalized spacial score (nSPS) is 9.79. The van der Waals surface area contributed by atoms with Crippen molar-refractivity contribution in [3.05, 3.63) is 29.0 Å². The van der Waals surface area contributed by atoms with E-state index in [1.807, 2.05) is 0 Å². The Bertz CT molecular complexity index is 545. The Hall–Kier alpha value is -1.57. The van der Waals surface area contributed by atoms with Crippen molar-refractivity contribution >= 4 is 29.7 Å². The van der Waals surface area contributed by atoms with Gasteiger partial charge < -0.3 is 11.1 Å². The van der Waals surface area contributed by atoms with E-state index < -0.39 is 0 Å². The number of carbonyl (C=O) groups excluding carboxylic acids is 1. The zero-order chi connectivity index (χ0) is 13.0. The summed E-state index contributed by atoms with van der Waals surface area (Å²) in [5.41, 5.74) is 6.02. The third-order valence-electron chi connectivity index (χ3n) is 2.19. The van der Waals surface area contributed by atoms with Crippen LogP contribution in [0.4, 0.5) is 0 Å². The first-order chi connectivity index (χ1) is 8.72. The molecule has 0 aliphatic heterocycles. The van der Waals surface area contributed by atoms with Gasteiger partial charge in [-0.05, 0) is 13.0 Å². The molecule has 102 valence electrons. The van der Waals surface area contributed by atoms with Gasteiger partial charge in [-0.1, -0.05) is 0 Å². The predicted octanol–water partition coefficient (Wildman–Crippen LogP) is 1.02. The van der Waals surface area contributed by atoms with Gasteiger partial charge in [-0.3, -0.25) is 4.79 Å². The molecule has 0 fully saturated rings. The van der Waals surface area contributed by atoms with Crippen molar-refractivity contribution in [3.63, 3.8) is 0 Å². The van der Waals surface area contributed by atoms with Gasteiger partial charge in [0.2, 0.25) is 0 Å². The van der Waals surface area contributed by atoms with Gasteiger partial charge in [-0.2, -0.15) is 0 Å². The van der Waals surface area contributed by atoms with Crippen molar-refractivity contribution in [2.24, 2.45) is 5.73 Å². The lowest BCUT2D eigenvalue weighted by Gasteiger charge is -2.00. The quantitative estimate of drug-likeness (QED) is 0.879. The van der Waals surface area contributed by atoms with E-state index in [9.17, 15) is 4.79 Å². The van der Waals surface area contributed by atoms with E-state index in [-0.39, 0.29) is 18.3 Å². The summed E-state index contributed by atoms with van der Waals surface area (Å²) in [6.07, 6.45) is 3.29. The molecule has 2 heterocycles. The molecule has 0 aliphatic carbocycles. The molecule has 0 aliphatic rings. The Morgan fingerprint density at radius 1 is 1.42 bits per heavy atom. The highest BCUT2D eigenvalue weighted by Crippen LogP contribution is 2.24. The Morgan fingerprint density at radius 2 is 2.11 bits per heavy atom. The van der Waals surface area contributed by atoms with E-state index in [0.717, 1.165) is 0 Å². The molecule has 2 rings (SSSR count). The second-order valence-corrected chi connectivity index (χ2v) is 4.55. The molecule has 2 aromatic rings. The number of nitrogens with zero attached hydrogens (tertiary/aromatic N) is 3. The number of aryl methyl sites for hydroxylation is 1. The van der Waals surface area contributed by atoms with Crippen molar-refractivity contribution in [1.29, 1.82) is 0 Å². The minimum atomic E-state index is -0.155. The minimum Gasteiger partial charge on any atom is -0.350 e. The van der Waals surface area contributed by atoms with Crippen LogP contribution < -0.4 is 11.1 Å². The molecular weight excluding hydrogens is 286 g/mol. The van der Waals surface area contributed by atoms with Gasteiger partial charge in [0.05, 0.1) is 5.69 Å². The zero-order valence-corrected chi connectivity index (χ0v) is 11.9. The largest absolute Gasteiger partial charge is 0.350 e. The van der Waals surface area contributed by atoms with Gasteiger partial charge in [0.1, 0.15) is 4.88 Å². The maximum Gasteiger partial charge on any atom is 0.263 e. The summed E-state index contributed by atoms with van der Waals surface area (Å²) in [5, 5.41) is 3.36. The SMILES string of the molecule is Cc1nc(-c2ncccn2)sc1C(=O)NCCN.Cl. The van der Waals surface area contributed by atoms with Crippen LogP contribution in [0.5, 0.6) is 0 Å². The van der Waals surface area contributed by atoms with Gasteiger partial charge in [0, 0.05) is 25.5 Å². The van der Waals surface area contributed by atoms with Crippen LogP contribution in [0.25, 0.3) is 10.8 Å². The van der Waals surface area contributed by atoms with Crippen molar-refractivity contribution < 1.29 is 4.79 Å². The van der Waals surface area contributed by atoms with Crippen LogP contribution in [0.15, 0.2) is 18.5 Å². The number of nitrogens with two attached hydrogens (primary N) is 1. The number of halogens is 1. The van der Waals surface area contributed by atoms with Gasteiger partial charge in [0.25, 0.3) is 5.91 Å². The zero-order valence-electron chi connectivity index (χ0n) is 10.3. The number of rotatable bonds is 4. The second kappa shape index (κ2) is 7.13. The number of hydrogen-bond acceptors (Lipinski definition) is 6. The fourth-order valence-corrected chi connectivity index (χ4v) is 2.31. The summed E-state index contributed by atoms with van der Waals surface area (Å²) in [4.78, 5) is 24.9. The van der Waals surface area contributed by atoms with Crippen LogP contribution in [0.1, 0.15) is 15.4 Å². The fourth-order valence-electron chi connectivity index (χ4n) is 1.38. The molecule has 8 heteroatoms. The summed E-state index contributed by atoms with van der Waals surface area (Å²) >= 11 is 1.28. The number of hydrogen-bond donors (Lipinski definition) is 2. The summed E-state index contributed by atoms with van der Waals surface area (Å²) in [6.45, 7) is 2.66. The summed E-state index contributed by atoms with van der Waals surface area (Å²) in [5.74, 6) is 0.376. The average Bonchev–Trinajstić information content (AvgIpc) is 2.79. The average molecular weight is 300 g/mol. The van der Waals surface area contributed by atoms with Gasteiger partial charge in [0.15, 0.2) is 10.8 Å². The first kappa shape index (κ1) is 15.5. The third kappa shape index (κ3) is 3.69. The fraction of sp³-hybridized carbons (Fsp3) is 0.273. The second-order valence-electron chi connectivity index (χ2n) is 3.55. The van der Waals surface area contributed by atoms with Gasteiger partial charge in [-0.25, -0.2) is 15.0 Å². The molecule has 19 heavy (non-hydrogen) atoms. The standard InChI is InChI=1S/C11H13N5OS.ClH/c1-7-8(10(17)15-6-3-12)18-11(16-7)9-13-4-2-5-14-9;/h2,4-5H,3,6,12H2,1H3,(H,15,17);1H. The van der Waals surface area contributed by atoms with E-state index >= 15 is 0 Å². The summed E-state index contributed by atoms with van der Waals surface area (Å²) in [6, 6.07) is 1.73. The van der Waals surface area contributed by atoms with Crippen molar-refractivity contribution in [1.82, 2.24) is 20.3 Å². The number of nitrogens with one attached hydrogen (secondary N) is 1. The maximum absolute atomic E-state index is 11.8. The highest BCUT2D eigenvalue weighted by atomic mass is 35.5. The van der Waals surface area contributed by atoms with Crippen LogP contribution in [-0.2, 0) is 0 Å². The van der Waals surface area contributed by atoms with Crippen LogP contribution in [0.2, 0.25) is 0 Å². The molecule has 1 amide bonds. The van der Waals surface area contributed by atoms with Crippen molar-refractivity contribution in [2.45, 2.75) is 6.92 Å². The molecule has 0 spiro atoms. The number of amides is 1. The Morgan fingerprint density at radius 3 is 2.74 bits per heavy atom. The molecule has 3 N–H and O–H groups in total. The topological polar surface area (TPSA) is 93.8 Å². The van der Waals surface area contributed by atoms with E-state index in [0.29, 0.717) is 34.5 Å². The van der Waals surface area contributed by atoms with Crippen molar-refractivity contribution in [2.75, 3.05) is 13.1 Å². The molecule has 0 unspecified atom stereocenters. The first-order valence-corrected chi connectivity index (χ1v) is 6.27. The molecule has 2 aromatic heterocycles. The molecule has 0 radical (unpaired) electrons. The lowest BCUT2D eigenvalue weighted by atomic mass is 10.3. The minimum absolute atomic E-state index is 0. The molecule has 0 saturated heterocycles. The monoisotopic (exact) mass is 299 g/mol. The van der Waals surface area contributed by atoms with Crippen LogP contribution in [-0.4, -0.2) is 33.9 Å². The smallest absolute Gasteiger partial charge is 0.263 e. The molecule has 0 atom stereocenters. The number of thiazole rings is 1. The maximum atomic E-state index is 11.8. The Balaban J connectivity index is 0.00000180. The summed E-state index contributed by atoms with van der Waals surface area (Å²) in [7, 11) is 0. The summed E-state index contributed by atoms with van der Waals surface area (Å²) < 4.78 is 0. The van der Waals surface area contributed by atoms with Crippen LogP contribution in [0, 0.1) is 6.92 Å². The molecule has 6 nitrogen and oxygen atoms in total. The number of carbonyl (C=O) groups is 1. The van der Waals surface area contributed by atoms with E-state index in [1.54, 1.807) is 25.4 Å². The lowest BCUT2D eigenvalue weighted by molar-refractivity contribution is 0.0958. The Kier molecular flexibility index (Phi) is 5.81. The molecular formula is C11H14ClN5OS. The predicted molar refractivity (Wildman–Crippen MR) is 76.5 cm³/mol. The molecule has 0 saturated carbocycles. The van der Waals surface area contributed by atoms with Crippen LogP contribution in [0.3, 0.4) is 0 Å². The van der Waals surface area contributed by atoms with Gasteiger partial charge in [-0.15, -0.1) is 23.7 Å². The lowest BCUT2D eigenvalue weighted by Crippen LogP contribution is -2.28. The first-order valence-electron chi connectivity index (χ1n) is 5.45. The highest BCUT2D eigenvalue weighted by Gasteiger charge is 2.16. The van der Waals surface area contributed by atoms with E-state index in [1.165, 1.54) is 11.3 Å². The third-order valence-corrected chi connectivity index (χ3v) is 3.34. The highest BCUT2D eigenvalue weighted by molar-refractivity contribution is 7.17. The van der Waals surface area contributed by atoms with Gasteiger partial charge >= 0.3 is 0 Å². The van der Waals surface area contributed by atoms with Crippen molar-refractivity contribution in [3.8, 4) is 10.8 Å². The Labute approximate surface area is 120 Å².